The van der Waals surface area contributed by atoms with E-state index in [9.17, 15) is 0 Å². The number of benzene rings is 6. The Kier molecular flexibility index (Phi) is 9.72. The summed E-state index contributed by atoms with van der Waals surface area (Å²) in [4.78, 5) is 16.1. The molecule has 3 nitrogen and oxygen atoms in total. The largest absolute Gasteiger partial charge is 0.218 e. The van der Waals surface area contributed by atoms with Crippen molar-refractivity contribution in [1.29, 1.82) is 0 Å². The van der Waals surface area contributed by atoms with Crippen LogP contribution in [0.1, 0.15) is 71.6 Å². The zero-order valence-corrected chi connectivity index (χ0v) is 29.8. The van der Waals surface area contributed by atoms with E-state index in [1.165, 1.54) is 33.4 Å². The predicted octanol–water partition coefficient (Wildman–Crippen LogP) is 10.5. The minimum atomic E-state index is -0.358. The SMILES string of the molecule is CC(Cc1nc(CC(C)(c2ccccc2)c2ccccc2)nc(CC(C)(c2ccccc2)c2ccccc2)n1)(c1ccccc1)c1ccccc1. The highest BCUT2D eigenvalue weighted by atomic mass is 15.0. The van der Waals surface area contributed by atoms with Gasteiger partial charge in [0.05, 0.1) is 0 Å². The second kappa shape index (κ2) is 14.7. The van der Waals surface area contributed by atoms with Crippen molar-refractivity contribution in [2.45, 2.75) is 56.3 Å². The Bertz CT molecular complexity index is 1750. The summed E-state index contributed by atoms with van der Waals surface area (Å²) in [6.45, 7) is 6.95. The second-order valence-corrected chi connectivity index (χ2v) is 14.3. The van der Waals surface area contributed by atoms with E-state index in [-0.39, 0.29) is 16.2 Å². The minimum absolute atomic E-state index is 0.358. The summed E-state index contributed by atoms with van der Waals surface area (Å²) < 4.78 is 0. The summed E-state index contributed by atoms with van der Waals surface area (Å²) in [5, 5.41) is 0. The molecule has 0 fully saturated rings. The molecule has 0 saturated heterocycles. The molecule has 252 valence electrons. The lowest BCUT2D eigenvalue weighted by Gasteiger charge is -2.33. The summed E-state index contributed by atoms with van der Waals surface area (Å²) in [6, 6.07) is 64.6. The molecule has 0 bridgehead atoms. The predicted molar refractivity (Wildman–Crippen MR) is 209 cm³/mol. The smallest absolute Gasteiger partial charge is 0.133 e. The first kappa shape index (κ1) is 33.8. The maximum atomic E-state index is 5.36. The molecule has 7 aromatic rings. The number of aromatic nitrogens is 3. The molecule has 0 radical (unpaired) electrons. The summed E-state index contributed by atoms with van der Waals surface area (Å²) in [7, 11) is 0. The van der Waals surface area contributed by atoms with Crippen molar-refractivity contribution in [3.8, 4) is 0 Å². The van der Waals surface area contributed by atoms with Gasteiger partial charge in [-0.3, -0.25) is 0 Å². The first-order chi connectivity index (χ1) is 24.9. The van der Waals surface area contributed by atoms with E-state index in [1.54, 1.807) is 0 Å². The fourth-order valence-electron chi connectivity index (χ4n) is 7.66. The van der Waals surface area contributed by atoms with E-state index in [0.717, 1.165) is 17.5 Å². The Morgan fingerprint density at radius 3 is 0.588 bits per heavy atom. The Hall–Kier alpha value is -5.67. The van der Waals surface area contributed by atoms with Gasteiger partial charge in [0.15, 0.2) is 0 Å². The lowest BCUT2D eigenvalue weighted by atomic mass is 9.72. The molecule has 0 aliphatic heterocycles. The van der Waals surface area contributed by atoms with Crippen molar-refractivity contribution < 1.29 is 0 Å². The molecule has 0 spiro atoms. The van der Waals surface area contributed by atoms with Gasteiger partial charge in [-0.05, 0) is 33.4 Å². The lowest BCUT2D eigenvalue weighted by Crippen LogP contribution is -2.32. The summed E-state index contributed by atoms with van der Waals surface area (Å²) in [6.07, 6.45) is 1.89. The standard InChI is InChI=1S/C48H45N3/c1-46(37-22-10-4-11-23-37,38-24-12-5-13-25-38)34-43-49-44(35-47(2,39-26-14-6-15-27-39)40-28-16-7-17-29-40)51-45(50-43)36-48(3,41-30-18-8-19-31-41)42-32-20-9-21-33-42/h4-33H,34-36H2,1-3H3. The average Bonchev–Trinajstić information content (AvgIpc) is 3.19. The molecule has 0 unspecified atom stereocenters. The van der Waals surface area contributed by atoms with Crippen molar-refractivity contribution in [3.63, 3.8) is 0 Å². The summed E-state index contributed by atoms with van der Waals surface area (Å²) in [5.74, 6) is 2.41. The highest BCUT2D eigenvalue weighted by molar-refractivity contribution is 5.43. The molecular weight excluding hydrogens is 619 g/mol. The molecule has 0 saturated carbocycles. The molecule has 0 atom stereocenters. The molecule has 0 aliphatic rings. The van der Waals surface area contributed by atoms with Crippen LogP contribution in [0.4, 0.5) is 0 Å². The summed E-state index contributed by atoms with van der Waals surface area (Å²) in [5.41, 5.74) is 6.32. The van der Waals surface area contributed by atoms with Crippen LogP contribution in [0.2, 0.25) is 0 Å². The quantitative estimate of drug-likeness (QED) is 0.131. The average molecular weight is 664 g/mol. The van der Waals surface area contributed by atoms with Crippen LogP contribution in [-0.2, 0) is 35.5 Å². The third kappa shape index (κ3) is 7.16. The molecule has 1 heterocycles. The topological polar surface area (TPSA) is 38.7 Å². The van der Waals surface area contributed by atoms with Crippen LogP contribution in [0.25, 0.3) is 0 Å². The van der Waals surface area contributed by atoms with E-state index in [2.05, 4.69) is 203 Å². The normalized spacial score (nSPS) is 12.1. The zero-order chi connectivity index (χ0) is 35.2. The van der Waals surface area contributed by atoms with Crippen LogP contribution in [0.15, 0.2) is 182 Å². The Labute approximate surface area is 303 Å². The second-order valence-electron chi connectivity index (χ2n) is 14.3. The monoisotopic (exact) mass is 663 g/mol. The maximum absolute atomic E-state index is 5.36. The Morgan fingerprint density at radius 2 is 0.431 bits per heavy atom. The molecular formula is C48H45N3. The molecule has 7 rings (SSSR count). The van der Waals surface area contributed by atoms with Crippen molar-refractivity contribution in [2.24, 2.45) is 0 Å². The third-order valence-corrected chi connectivity index (χ3v) is 10.8. The van der Waals surface area contributed by atoms with Gasteiger partial charge in [-0.15, -0.1) is 0 Å². The van der Waals surface area contributed by atoms with Gasteiger partial charge >= 0.3 is 0 Å². The molecule has 0 amide bonds. The highest BCUT2D eigenvalue weighted by Crippen LogP contribution is 2.39. The fourth-order valence-corrected chi connectivity index (χ4v) is 7.66. The van der Waals surface area contributed by atoms with Crippen molar-refractivity contribution in [3.05, 3.63) is 233 Å². The first-order valence-corrected chi connectivity index (χ1v) is 17.9. The van der Waals surface area contributed by atoms with Gasteiger partial charge in [0.25, 0.3) is 0 Å². The van der Waals surface area contributed by atoms with Gasteiger partial charge < -0.3 is 0 Å². The molecule has 3 heteroatoms. The van der Waals surface area contributed by atoms with Crippen LogP contribution in [0.5, 0.6) is 0 Å². The van der Waals surface area contributed by atoms with E-state index in [4.69, 9.17) is 15.0 Å². The highest BCUT2D eigenvalue weighted by Gasteiger charge is 2.35. The van der Waals surface area contributed by atoms with E-state index in [0.29, 0.717) is 19.3 Å². The van der Waals surface area contributed by atoms with Crippen LogP contribution >= 0.6 is 0 Å². The summed E-state index contributed by atoms with van der Waals surface area (Å²) >= 11 is 0. The van der Waals surface area contributed by atoms with Crippen LogP contribution in [-0.4, -0.2) is 15.0 Å². The lowest BCUT2D eigenvalue weighted by molar-refractivity contribution is 0.502. The molecule has 0 aliphatic carbocycles. The van der Waals surface area contributed by atoms with Gasteiger partial charge in [0.1, 0.15) is 17.5 Å². The van der Waals surface area contributed by atoms with Gasteiger partial charge in [-0.1, -0.05) is 203 Å². The number of hydrogen-bond acceptors (Lipinski definition) is 3. The van der Waals surface area contributed by atoms with Crippen molar-refractivity contribution in [2.75, 3.05) is 0 Å². The molecule has 0 N–H and O–H groups in total. The van der Waals surface area contributed by atoms with Gasteiger partial charge in [0, 0.05) is 35.5 Å². The maximum Gasteiger partial charge on any atom is 0.133 e. The molecule has 6 aromatic carbocycles. The fraction of sp³-hybridized carbons (Fsp3) is 0.188. The number of nitrogens with zero attached hydrogens (tertiary/aromatic N) is 3. The van der Waals surface area contributed by atoms with Gasteiger partial charge in [-0.25, -0.2) is 15.0 Å². The van der Waals surface area contributed by atoms with Gasteiger partial charge in [0.2, 0.25) is 0 Å². The molecule has 1 aromatic heterocycles. The number of rotatable bonds is 12. The minimum Gasteiger partial charge on any atom is -0.218 e. The molecule has 51 heavy (non-hydrogen) atoms. The van der Waals surface area contributed by atoms with Crippen molar-refractivity contribution >= 4 is 0 Å². The van der Waals surface area contributed by atoms with Gasteiger partial charge in [-0.2, -0.15) is 0 Å². The Balaban J connectivity index is 1.39. The zero-order valence-electron chi connectivity index (χ0n) is 29.8. The first-order valence-electron chi connectivity index (χ1n) is 17.9. The van der Waals surface area contributed by atoms with Crippen LogP contribution < -0.4 is 0 Å². The third-order valence-electron chi connectivity index (χ3n) is 10.8. The van der Waals surface area contributed by atoms with E-state index < -0.39 is 0 Å². The number of hydrogen-bond donors (Lipinski definition) is 0. The van der Waals surface area contributed by atoms with Crippen LogP contribution in [0.3, 0.4) is 0 Å². The Morgan fingerprint density at radius 1 is 0.275 bits per heavy atom. The van der Waals surface area contributed by atoms with Crippen LogP contribution in [0, 0.1) is 0 Å². The van der Waals surface area contributed by atoms with E-state index >= 15 is 0 Å². The van der Waals surface area contributed by atoms with Crippen molar-refractivity contribution in [1.82, 2.24) is 15.0 Å². The van der Waals surface area contributed by atoms with E-state index in [1.807, 2.05) is 0 Å².